The number of aliphatic carboxylic acids is 1. The molecular formula is C21H18N2O8. The van der Waals surface area contributed by atoms with E-state index in [0.717, 1.165) is 4.90 Å². The van der Waals surface area contributed by atoms with Gasteiger partial charge in [0.25, 0.3) is 11.8 Å². The van der Waals surface area contributed by atoms with E-state index in [1.54, 1.807) is 6.92 Å². The Morgan fingerprint density at radius 1 is 1.06 bits per heavy atom. The molecule has 31 heavy (non-hydrogen) atoms. The minimum Gasteiger partial charge on any atom is -0.508 e. The molecule has 0 saturated carbocycles. The summed E-state index contributed by atoms with van der Waals surface area (Å²) in [4.78, 5) is 48.9. The highest BCUT2D eigenvalue weighted by Crippen LogP contribution is 2.30. The normalized spacial score (nSPS) is 15.1. The zero-order chi connectivity index (χ0) is 22.5. The van der Waals surface area contributed by atoms with Gasteiger partial charge in [-0.05, 0) is 55.0 Å². The number of benzene rings is 2. The second kappa shape index (κ2) is 8.99. The van der Waals surface area contributed by atoms with Gasteiger partial charge in [0.15, 0.2) is 18.1 Å². The van der Waals surface area contributed by atoms with Crippen LogP contribution in [-0.4, -0.2) is 47.2 Å². The number of ether oxygens (including phenoxy) is 2. The first-order chi connectivity index (χ1) is 14.8. The summed E-state index contributed by atoms with van der Waals surface area (Å²) in [7, 11) is 0. The van der Waals surface area contributed by atoms with Crippen LogP contribution in [0.15, 0.2) is 48.0 Å². The monoisotopic (exact) mass is 426 g/mol. The lowest BCUT2D eigenvalue weighted by atomic mass is 10.1. The molecule has 0 atom stereocenters. The maximum atomic E-state index is 12.9. The van der Waals surface area contributed by atoms with Gasteiger partial charge in [0.05, 0.1) is 12.3 Å². The van der Waals surface area contributed by atoms with Crippen molar-refractivity contribution >= 4 is 35.6 Å². The first-order valence-electron chi connectivity index (χ1n) is 9.12. The number of hydrogen-bond donors (Lipinski definition) is 3. The molecule has 4 amide bonds. The zero-order valence-corrected chi connectivity index (χ0v) is 16.3. The molecule has 1 heterocycles. The second-order valence-electron chi connectivity index (χ2n) is 6.30. The molecule has 0 radical (unpaired) electrons. The number of hydrogen-bond acceptors (Lipinski definition) is 7. The number of nitrogens with zero attached hydrogens (tertiary/aromatic N) is 1. The molecule has 1 aliphatic heterocycles. The molecule has 0 spiro atoms. The minimum atomic E-state index is -1.16. The van der Waals surface area contributed by atoms with Gasteiger partial charge in [0, 0.05) is 0 Å². The highest BCUT2D eigenvalue weighted by molar-refractivity contribution is 6.39. The highest BCUT2D eigenvalue weighted by Gasteiger charge is 2.36. The lowest BCUT2D eigenvalue weighted by Crippen LogP contribution is -2.54. The molecule has 0 unspecified atom stereocenters. The Morgan fingerprint density at radius 3 is 2.42 bits per heavy atom. The predicted molar refractivity (Wildman–Crippen MR) is 108 cm³/mol. The van der Waals surface area contributed by atoms with E-state index in [9.17, 15) is 24.3 Å². The largest absolute Gasteiger partial charge is 0.508 e. The number of urea groups is 1. The molecule has 0 aromatic heterocycles. The molecule has 0 bridgehead atoms. The maximum absolute atomic E-state index is 12.9. The molecule has 0 aliphatic carbocycles. The average Bonchev–Trinajstić information content (AvgIpc) is 2.72. The summed E-state index contributed by atoms with van der Waals surface area (Å²) in [6.45, 7) is 1.43. The lowest BCUT2D eigenvalue weighted by Gasteiger charge is -2.26. The van der Waals surface area contributed by atoms with Gasteiger partial charge in [-0.1, -0.05) is 6.07 Å². The van der Waals surface area contributed by atoms with Gasteiger partial charge in [-0.15, -0.1) is 0 Å². The van der Waals surface area contributed by atoms with E-state index in [0.29, 0.717) is 5.56 Å². The smallest absolute Gasteiger partial charge is 0.341 e. The Hall–Kier alpha value is -4.34. The first kappa shape index (κ1) is 21.4. The molecule has 2 aromatic rings. The van der Waals surface area contributed by atoms with E-state index < -0.39 is 30.4 Å². The van der Waals surface area contributed by atoms with Crippen molar-refractivity contribution in [2.75, 3.05) is 18.1 Å². The van der Waals surface area contributed by atoms with Crippen molar-refractivity contribution in [1.29, 1.82) is 0 Å². The SMILES string of the molecule is CCOc1cc(/C=C2/C(=O)NC(=O)N(c3ccc(O)cc3)C2=O)ccc1OCC(=O)O. The van der Waals surface area contributed by atoms with Crippen LogP contribution in [0.4, 0.5) is 10.5 Å². The molecule has 10 heteroatoms. The number of carbonyl (C=O) groups is 4. The Balaban J connectivity index is 1.95. The Bertz CT molecular complexity index is 1080. The number of imide groups is 2. The molecule has 1 saturated heterocycles. The summed E-state index contributed by atoms with van der Waals surface area (Å²) in [5, 5.41) is 20.3. The van der Waals surface area contributed by atoms with Crippen LogP contribution < -0.4 is 19.7 Å². The van der Waals surface area contributed by atoms with Crippen molar-refractivity contribution in [3.8, 4) is 17.2 Å². The average molecular weight is 426 g/mol. The van der Waals surface area contributed by atoms with Crippen molar-refractivity contribution in [2.45, 2.75) is 6.92 Å². The second-order valence-corrected chi connectivity index (χ2v) is 6.30. The Morgan fingerprint density at radius 2 is 1.77 bits per heavy atom. The molecule has 160 valence electrons. The summed E-state index contributed by atoms with van der Waals surface area (Å²) < 4.78 is 10.6. The molecular weight excluding hydrogens is 408 g/mol. The molecule has 2 aromatic carbocycles. The number of carboxylic acid groups (broad SMARTS) is 1. The van der Waals surface area contributed by atoms with Gasteiger partial charge in [0.2, 0.25) is 0 Å². The number of barbiturate groups is 1. The number of nitrogens with one attached hydrogen (secondary N) is 1. The van der Waals surface area contributed by atoms with Crippen LogP contribution in [0, 0.1) is 0 Å². The fourth-order valence-electron chi connectivity index (χ4n) is 2.80. The molecule has 10 nitrogen and oxygen atoms in total. The van der Waals surface area contributed by atoms with Crippen molar-refractivity contribution < 1.29 is 38.9 Å². The van der Waals surface area contributed by atoms with E-state index in [1.165, 1.54) is 48.5 Å². The number of phenolic OH excluding ortho intramolecular Hbond substituents is 1. The number of carbonyl (C=O) groups excluding carboxylic acids is 3. The molecule has 3 N–H and O–H groups in total. The number of carboxylic acids is 1. The van der Waals surface area contributed by atoms with Crippen molar-refractivity contribution in [2.24, 2.45) is 0 Å². The predicted octanol–water partition coefficient (Wildman–Crippen LogP) is 1.92. The summed E-state index contributed by atoms with van der Waals surface area (Å²) in [6, 6.07) is 8.87. The number of anilines is 1. The Kier molecular flexibility index (Phi) is 6.20. The van der Waals surface area contributed by atoms with E-state index in [2.05, 4.69) is 5.32 Å². The third-order valence-electron chi connectivity index (χ3n) is 4.14. The highest BCUT2D eigenvalue weighted by atomic mass is 16.5. The number of amides is 4. The molecule has 3 rings (SSSR count). The van der Waals surface area contributed by atoms with Crippen molar-refractivity contribution in [1.82, 2.24) is 5.32 Å². The number of rotatable bonds is 7. The summed E-state index contributed by atoms with van der Waals surface area (Å²) in [5.74, 6) is -2.50. The number of phenols is 1. The maximum Gasteiger partial charge on any atom is 0.341 e. The standard InChI is InChI=1S/C21H18N2O8/c1-2-30-17-10-12(3-8-16(17)31-11-18(25)26)9-15-19(27)22-21(29)23(20(15)28)13-4-6-14(24)7-5-13/h3-10,24H,2,11H2,1H3,(H,25,26)(H,22,27,29)/b15-9-. The van der Waals surface area contributed by atoms with Crippen LogP contribution in [-0.2, 0) is 14.4 Å². The van der Waals surface area contributed by atoms with Gasteiger partial charge < -0.3 is 19.7 Å². The van der Waals surface area contributed by atoms with Gasteiger partial charge in [-0.25, -0.2) is 14.5 Å². The fourth-order valence-corrected chi connectivity index (χ4v) is 2.80. The first-order valence-corrected chi connectivity index (χ1v) is 9.12. The summed E-state index contributed by atoms with van der Waals surface area (Å²) >= 11 is 0. The lowest BCUT2D eigenvalue weighted by molar-refractivity contribution is -0.139. The van der Waals surface area contributed by atoms with Gasteiger partial charge in [-0.2, -0.15) is 0 Å². The van der Waals surface area contributed by atoms with E-state index in [1.807, 2.05) is 0 Å². The van der Waals surface area contributed by atoms with Crippen molar-refractivity contribution in [3.05, 3.63) is 53.6 Å². The number of aromatic hydroxyl groups is 1. The quantitative estimate of drug-likeness (QED) is 0.450. The topological polar surface area (TPSA) is 142 Å². The molecule has 1 fully saturated rings. The van der Waals surface area contributed by atoms with Crippen LogP contribution >= 0.6 is 0 Å². The molecule has 1 aliphatic rings. The fraction of sp³-hybridized carbons (Fsp3) is 0.143. The zero-order valence-electron chi connectivity index (χ0n) is 16.3. The van der Waals surface area contributed by atoms with Crippen LogP contribution in [0.25, 0.3) is 6.08 Å². The van der Waals surface area contributed by atoms with E-state index >= 15 is 0 Å². The third-order valence-corrected chi connectivity index (χ3v) is 4.14. The van der Waals surface area contributed by atoms with Crippen LogP contribution in [0.3, 0.4) is 0 Å². The summed E-state index contributed by atoms with van der Waals surface area (Å²) in [6.07, 6.45) is 1.28. The van der Waals surface area contributed by atoms with Gasteiger partial charge in [0.1, 0.15) is 11.3 Å². The van der Waals surface area contributed by atoms with Crippen LogP contribution in [0.1, 0.15) is 12.5 Å². The summed E-state index contributed by atoms with van der Waals surface area (Å²) in [5.41, 5.74) is 0.269. The van der Waals surface area contributed by atoms with Gasteiger partial charge in [-0.3, -0.25) is 14.9 Å². The van der Waals surface area contributed by atoms with E-state index in [-0.39, 0.29) is 35.1 Å². The van der Waals surface area contributed by atoms with Crippen molar-refractivity contribution in [3.63, 3.8) is 0 Å². The van der Waals surface area contributed by atoms with Gasteiger partial charge >= 0.3 is 12.0 Å². The van der Waals surface area contributed by atoms with Crippen LogP contribution in [0.5, 0.6) is 17.2 Å². The minimum absolute atomic E-state index is 0.0471. The van der Waals surface area contributed by atoms with Crippen LogP contribution in [0.2, 0.25) is 0 Å². The third kappa shape index (κ3) is 4.81. The van der Waals surface area contributed by atoms with E-state index in [4.69, 9.17) is 14.6 Å². The Labute approximate surface area is 176 Å².